The van der Waals surface area contributed by atoms with E-state index in [0.29, 0.717) is 6.42 Å². The summed E-state index contributed by atoms with van der Waals surface area (Å²) in [5.74, 6) is -1.41. The zero-order valence-electron chi connectivity index (χ0n) is 11.1. The third-order valence-electron chi connectivity index (χ3n) is 2.61. The van der Waals surface area contributed by atoms with Crippen molar-refractivity contribution in [1.82, 2.24) is 10.2 Å². The molecular formula is C11H21ClN2O4. The van der Waals surface area contributed by atoms with E-state index in [-0.39, 0.29) is 25.1 Å². The largest absolute Gasteiger partial charge is 0.481 e. The van der Waals surface area contributed by atoms with Crippen molar-refractivity contribution in [1.29, 1.82) is 0 Å². The predicted octanol–water partition coefficient (Wildman–Crippen LogP) is 1.30. The molecule has 1 aliphatic rings. The Morgan fingerprint density at radius 2 is 1.94 bits per heavy atom. The number of ether oxygens (including phenoxy) is 1. The molecule has 1 saturated heterocycles. The summed E-state index contributed by atoms with van der Waals surface area (Å²) in [6.45, 7) is 5.54. The molecule has 18 heavy (non-hydrogen) atoms. The molecule has 1 aliphatic heterocycles. The quantitative estimate of drug-likeness (QED) is 0.797. The Hall–Kier alpha value is -1.01. The first kappa shape index (κ1) is 17.0. The summed E-state index contributed by atoms with van der Waals surface area (Å²) in [7, 11) is 1.70. The number of carbonyl (C=O) groups excluding carboxylic acids is 1. The predicted molar refractivity (Wildman–Crippen MR) is 68.8 cm³/mol. The van der Waals surface area contributed by atoms with Gasteiger partial charge in [0.2, 0.25) is 0 Å². The van der Waals surface area contributed by atoms with Crippen LogP contribution >= 0.6 is 12.4 Å². The second-order valence-corrected chi connectivity index (χ2v) is 5.21. The molecule has 1 heterocycles. The number of carbonyl (C=O) groups is 2. The minimum absolute atomic E-state index is 0. The smallest absolute Gasteiger partial charge is 0.411 e. The van der Waals surface area contributed by atoms with Crippen LogP contribution in [0, 0.1) is 5.92 Å². The van der Waals surface area contributed by atoms with Crippen LogP contribution in [0.3, 0.4) is 0 Å². The average Bonchev–Trinajstić information content (AvgIpc) is 2.58. The van der Waals surface area contributed by atoms with E-state index >= 15 is 0 Å². The molecule has 1 fully saturated rings. The molecule has 2 atom stereocenters. The number of likely N-dealkylation sites (tertiary alicyclic amines) is 1. The number of hydrogen-bond acceptors (Lipinski definition) is 4. The Bertz CT molecular complexity index is 317. The molecule has 2 N–H and O–H groups in total. The van der Waals surface area contributed by atoms with E-state index in [2.05, 4.69) is 5.32 Å². The Morgan fingerprint density at radius 3 is 2.33 bits per heavy atom. The molecule has 0 spiro atoms. The van der Waals surface area contributed by atoms with Crippen LogP contribution in [-0.4, -0.2) is 47.4 Å². The summed E-state index contributed by atoms with van der Waals surface area (Å²) in [4.78, 5) is 24.2. The van der Waals surface area contributed by atoms with Crippen molar-refractivity contribution in [3.05, 3.63) is 0 Å². The van der Waals surface area contributed by atoms with Gasteiger partial charge in [-0.3, -0.25) is 9.69 Å². The third kappa shape index (κ3) is 4.34. The van der Waals surface area contributed by atoms with E-state index in [1.165, 1.54) is 4.90 Å². The first-order chi connectivity index (χ1) is 7.74. The molecule has 0 aromatic rings. The molecule has 0 radical (unpaired) electrons. The summed E-state index contributed by atoms with van der Waals surface area (Å²) in [6, 6.07) is 0. The first-order valence-corrected chi connectivity index (χ1v) is 5.64. The molecule has 1 rings (SSSR count). The number of amides is 1. The molecule has 7 heteroatoms. The standard InChI is InChI=1S/C11H20N2O4.ClH/c1-11(2,3)17-10(16)13-6-7(9(14)15)5-8(13)12-4;/h7-8,12H,5-6H2,1-4H3,(H,14,15);1H/t7-,8+;/m1./s1. The molecule has 6 nitrogen and oxygen atoms in total. The van der Waals surface area contributed by atoms with Gasteiger partial charge >= 0.3 is 12.1 Å². The third-order valence-corrected chi connectivity index (χ3v) is 2.61. The van der Waals surface area contributed by atoms with Gasteiger partial charge in [-0.05, 0) is 34.2 Å². The maximum Gasteiger partial charge on any atom is 0.411 e. The van der Waals surface area contributed by atoms with Crippen molar-refractivity contribution < 1.29 is 19.4 Å². The normalized spacial score (nSPS) is 23.4. The van der Waals surface area contributed by atoms with Crippen LogP contribution in [-0.2, 0) is 9.53 Å². The lowest BCUT2D eigenvalue weighted by molar-refractivity contribution is -0.141. The lowest BCUT2D eigenvalue weighted by Crippen LogP contribution is -2.45. The van der Waals surface area contributed by atoms with Gasteiger partial charge in [0.1, 0.15) is 5.60 Å². The van der Waals surface area contributed by atoms with Gasteiger partial charge in [0.15, 0.2) is 0 Å². The van der Waals surface area contributed by atoms with Gasteiger partial charge in [0.05, 0.1) is 12.1 Å². The zero-order chi connectivity index (χ0) is 13.2. The fourth-order valence-electron chi connectivity index (χ4n) is 1.81. The summed E-state index contributed by atoms with van der Waals surface area (Å²) in [5.41, 5.74) is -0.573. The van der Waals surface area contributed by atoms with Gasteiger partial charge < -0.3 is 15.2 Å². The molecule has 0 saturated carbocycles. The molecule has 0 aromatic carbocycles. The van der Waals surface area contributed by atoms with Crippen molar-refractivity contribution in [2.75, 3.05) is 13.6 Å². The molecule has 1 amide bonds. The van der Waals surface area contributed by atoms with Crippen LogP contribution in [0.5, 0.6) is 0 Å². The molecule has 106 valence electrons. The van der Waals surface area contributed by atoms with E-state index < -0.39 is 23.6 Å². The van der Waals surface area contributed by atoms with E-state index in [1.54, 1.807) is 27.8 Å². The highest BCUT2D eigenvalue weighted by molar-refractivity contribution is 5.85. The highest BCUT2D eigenvalue weighted by atomic mass is 35.5. The summed E-state index contributed by atoms with van der Waals surface area (Å²) in [6.07, 6.45) is -0.336. The van der Waals surface area contributed by atoms with Crippen molar-refractivity contribution in [2.24, 2.45) is 5.92 Å². The molecule has 0 aromatic heterocycles. The van der Waals surface area contributed by atoms with Crippen LogP contribution < -0.4 is 5.32 Å². The fourth-order valence-corrected chi connectivity index (χ4v) is 1.81. The minimum Gasteiger partial charge on any atom is -0.481 e. The van der Waals surface area contributed by atoms with Crippen molar-refractivity contribution in [2.45, 2.75) is 39.0 Å². The van der Waals surface area contributed by atoms with Crippen molar-refractivity contribution in [3.8, 4) is 0 Å². The highest BCUT2D eigenvalue weighted by Crippen LogP contribution is 2.23. The number of carboxylic acid groups (broad SMARTS) is 1. The number of carboxylic acids is 1. The topological polar surface area (TPSA) is 78.9 Å². The molecule has 0 unspecified atom stereocenters. The van der Waals surface area contributed by atoms with Crippen LogP contribution in [0.4, 0.5) is 4.79 Å². The molecule has 0 aliphatic carbocycles. The van der Waals surface area contributed by atoms with Crippen LogP contribution in [0.1, 0.15) is 27.2 Å². The average molecular weight is 281 g/mol. The van der Waals surface area contributed by atoms with E-state index in [1.807, 2.05) is 0 Å². The van der Waals surface area contributed by atoms with Gasteiger partial charge in [-0.2, -0.15) is 0 Å². The van der Waals surface area contributed by atoms with Crippen LogP contribution in [0.25, 0.3) is 0 Å². The lowest BCUT2D eigenvalue weighted by Gasteiger charge is -2.28. The Kier molecular flexibility index (Phi) is 5.89. The monoisotopic (exact) mass is 280 g/mol. The Balaban J connectivity index is 0.00000289. The fraction of sp³-hybridized carbons (Fsp3) is 0.818. The van der Waals surface area contributed by atoms with Gasteiger partial charge in [-0.25, -0.2) is 4.79 Å². The highest BCUT2D eigenvalue weighted by Gasteiger charge is 2.39. The number of rotatable bonds is 2. The summed E-state index contributed by atoms with van der Waals surface area (Å²) >= 11 is 0. The van der Waals surface area contributed by atoms with Gasteiger partial charge in [-0.15, -0.1) is 12.4 Å². The second kappa shape index (κ2) is 6.24. The molecular weight excluding hydrogens is 260 g/mol. The summed E-state index contributed by atoms with van der Waals surface area (Å²) in [5, 5.41) is 11.9. The van der Waals surface area contributed by atoms with Crippen LogP contribution in [0.2, 0.25) is 0 Å². The number of nitrogens with zero attached hydrogens (tertiary/aromatic N) is 1. The van der Waals surface area contributed by atoms with Gasteiger partial charge in [-0.1, -0.05) is 0 Å². The van der Waals surface area contributed by atoms with Crippen LogP contribution in [0.15, 0.2) is 0 Å². The van der Waals surface area contributed by atoms with E-state index in [0.717, 1.165) is 0 Å². The molecule has 0 bridgehead atoms. The van der Waals surface area contributed by atoms with E-state index in [4.69, 9.17) is 9.84 Å². The Labute approximate surface area is 113 Å². The van der Waals surface area contributed by atoms with E-state index in [9.17, 15) is 9.59 Å². The number of halogens is 1. The number of aliphatic carboxylic acids is 1. The Morgan fingerprint density at radius 1 is 1.39 bits per heavy atom. The first-order valence-electron chi connectivity index (χ1n) is 5.64. The van der Waals surface area contributed by atoms with Gasteiger partial charge in [0.25, 0.3) is 0 Å². The zero-order valence-corrected chi connectivity index (χ0v) is 11.9. The minimum atomic E-state index is -0.878. The van der Waals surface area contributed by atoms with Crippen molar-refractivity contribution in [3.63, 3.8) is 0 Å². The van der Waals surface area contributed by atoms with Gasteiger partial charge in [0, 0.05) is 6.54 Å². The second-order valence-electron chi connectivity index (χ2n) is 5.21. The summed E-state index contributed by atoms with van der Waals surface area (Å²) < 4.78 is 5.24. The maximum atomic E-state index is 11.9. The van der Waals surface area contributed by atoms with Crippen molar-refractivity contribution >= 4 is 24.5 Å². The number of nitrogens with one attached hydrogen (secondary N) is 1. The number of hydrogen-bond donors (Lipinski definition) is 2. The maximum absolute atomic E-state index is 11.9. The SMILES string of the molecule is CN[C@@H]1C[C@@H](C(=O)O)CN1C(=O)OC(C)(C)C.Cl. The lowest BCUT2D eigenvalue weighted by atomic mass is 10.1.